The summed E-state index contributed by atoms with van der Waals surface area (Å²) in [6.07, 6.45) is 0. The highest BCUT2D eigenvalue weighted by molar-refractivity contribution is 6.31. The third kappa shape index (κ3) is 2.74. The summed E-state index contributed by atoms with van der Waals surface area (Å²) >= 11 is 6.17. The molecule has 3 nitrogen and oxygen atoms in total. The van der Waals surface area contributed by atoms with Crippen molar-refractivity contribution in [3.63, 3.8) is 0 Å². The van der Waals surface area contributed by atoms with Gasteiger partial charge in [0.2, 0.25) is 0 Å². The van der Waals surface area contributed by atoms with Crippen molar-refractivity contribution in [2.75, 3.05) is 0 Å². The minimum absolute atomic E-state index is 0.187. The lowest BCUT2D eigenvalue weighted by atomic mass is 10.1. The van der Waals surface area contributed by atoms with Crippen molar-refractivity contribution in [2.45, 2.75) is 33.4 Å². The Balaban J connectivity index is 2.05. The Morgan fingerprint density at radius 1 is 1.33 bits per heavy atom. The maximum atomic E-state index is 6.17. The monoisotopic (exact) mass is 264 g/mol. The molecule has 0 saturated heterocycles. The smallest absolute Gasteiger partial charge is 0.138 e. The first-order valence-electron chi connectivity index (χ1n) is 5.99. The number of hydrogen-bond acceptors (Lipinski definition) is 3. The maximum Gasteiger partial charge on any atom is 0.138 e. The van der Waals surface area contributed by atoms with Gasteiger partial charge in [-0.2, -0.15) is 0 Å². The first-order chi connectivity index (χ1) is 8.59. The quantitative estimate of drug-likeness (QED) is 0.913. The van der Waals surface area contributed by atoms with Crippen LogP contribution in [0.5, 0.6) is 0 Å². The molecule has 0 spiro atoms. The summed E-state index contributed by atoms with van der Waals surface area (Å²) in [5.41, 5.74) is 3.16. The first-order valence-corrected chi connectivity index (χ1v) is 6.37. The van der Waals surface area contributed by atoms with Crippen LogP contribution in [-0.4, -0.2) is 5.16 Å². The largest absolute Gasteiger partial charge is 0.361 e. The van der Waals surface area contributed by atoms with Gasteiger partial charge in [-0.3, -0.25) is 0 Å². The van der Waals surface area contributed by atoms with E-state index in [0.29, 0.717) is 0 Å². The van der Waals surface area contributed by atoms with Crippen molar-refractivity contribution in [2.24, 2.45) is 0 Å². The second-order valence-corrected chi connectivity index (χ2v) is 4.83. The zero-order valence-corrected chi connectivity index (χ0v) is 11.6. The fourth-order valence-corrected chi connectivity index (χ4v) is 2.25. The summed E-state index contributed by atoms with van der Waals surface area (Å²) < 4.78 is 5.14. The van der Waals surface area contributed by atoms with E-state index in [4.69, 9.17) is 16.1 Å². The number of nitrogens with zero attached hydrogens (tertiary/aromatic N) is 1. The van der Waals surface area contributed by atoms with E-state index in [0.717, 1.165) is 34.1 Å². The number of aromatic nitrogens is 1. The van der Waals surface area contributed by atoms with Crippen LogP contribution < -0.4 is 5.32 Å². The van der Waals surface area contributed by atoms with Crippen molar-refractivity contribution in [3.05, 3.63) is 51.9 Å². The zero-order valence-electron chi connectivity index (χ0n) is 10.8. The van der Waals surface area contributed by atoms with Crippen molar-refractivity contribution < 1.29 is 4.52 Å². The zero-order chi connectivity index (χ0) is 13.1. The van der Waals surface area contributed by atoms with Crippen LogP contribution in [0.25, 0.3) is 0 Å². The molecular weight excluding hydrogens is 248 g/mol. The molecule has 1 atom stereocenters. The molecule has 1 aromatic carbocycles. The fourth-order valence-electron chi connectivity index (χ4n) is 1.95. The average Bonchev–Trinajstić information content (AvgIpc) is 2.67. The van der Waals surface area contributed by atoms with Crippen LogP contribution in [0.1, 0.15) is 35.5 Å². The van der Waals surface area contributed by atoms with Crippen LogP contribution in [-0.2, 0) is 6.54 Å². The van der Waals surface area contributed by atoms with Gasteiger partial charge in [0.25, 0.3) is 0 Å². The van der Waals surface area contributed by atoms with E-state index in [1.807, 2.05) is 38.1 Å². The summed E-state index contributed by atoms with van der Waals surface area (Å²) in [7, 11) is 0. The van der Waals surface area contributed by atoms with Crippen molar-refractivity contribution in [1.82, 2.24) is 10.5 Å². The minimum Gasteiger partial charge on any atom is -0.361 e. The topological polar surface area (TPSA) is 38.1 Å². The molecule has 0 fully saturated rings. The van der Waals surface area contributed by atoms with E-state index in [1.165, 1.54) is 0 Å². The molecule has 0 bridgehead atoms. The SMILES string of the molecule is Cc1noc(C)c1CN[C@@H](C)c1ccccc1Cl. The minimum atomic E-state index is 0.187. The molecule has 0 aliphatic heterocycles. The summed E-state index contributed by atoms with van der Waals surface area (Å²) in [5, 5.41) is 8.17. The maximum absolute atomic E-state index is 6.17. The highest BCUT2D eigenvalue weighted by Gasteiger charge is 2.12. The lowest BCUT2D eigenvalue weighted by Crippen LogP contribution is -2.19. The molecule has 0 saturated carbocycles. The van der Waals surface area contributed by atoms with E-state index < -0.39 is 0 Å². The van der Waals surface area contributed by atoms with E-state index in [1.54, 1.807) is 0 Å². The summed E-state index contributed by atoms with van der Waals surface area (Å²) in [6, 6.07) is 8.06. The molecule has 1 heterocycles. The average molecular weight is 265 g/mol. The molecule has 0 amide bonds. The van der Waals surface area contributed by atoms with Crippen LogP contribution in [0.3, 0.4) is 0 Å². The van der Waals surface area contributed by atoms with Gasteiger partial charge in [-0.05, 0) is 32.4 Å². The third-order valence-corrected chi connectivity index (χ3v) is 3.48. The Morgan fingerprint density at radius 3 is 2.67 bits per heavy atom. The Kier molecular flexibility index (Phi) is 4.04. The van der Waals surface area contributed by atoms with Crippen molar-refractivity contribution in [3.8, 4) is 0 Å². The van der Waals surface area contributed by atoms with E-state index in [9.17, 15) is 0 Å². The van der Waals surface area contributed by atoms with E-state index >= 15 is 0 Å². The highest BCUT2D eigenvalue weighted by atomic mass is 35.5. The highest BCUT2D eigenvalue weighted by Crippen LogP contribution is 2.23. The Morgan fingerprint density at radius 2 is 2.06 bits per heavy atom. The Bertz CT molecular complexity index is 517. The molecule has 0 aliphatic rings. The number of aryl methyl sites for hydroxylation is 2. The van der Waals surface area contributed by atoms with Gasteiger partial charge in [0.15, 0.2) is 0 Å². The van der Waals surface area contributed by atoms with Crippen LogP contribution >= 0.6 is 11.6 Å². The molecule has 2 rings (SSSR count). The van der Waals surface area contributed by atoms with E-state index in [2.05, 4.69) is 17.4 Å². The summed E-state index contributed by atoms with van der Waals surface area (Å²) in [4.78, 5) is 0. The van der Waals surface area contributed by atoms with Crippen LogP contribution in [0.4, 0.5) is 0 Å². The molecule has 18 heavy (non-hydrogen) atoms. The van der Waals surface area contributed by atoms with Crippen LogP contribution in [0, 0.1) is 13.8 Å². The number of hydrogen-bond donors (Lipinski definition) is 1. The molecule has 1 aromatic heterocycles. The lowest BCUT2D eigenvalue weighted by molar-refractivity contribution is 0.391. The van der Waals surface area contributed by atoms with Crippen LogP contribution in [0.2, 0.25) is 5.02 Å². The number of halogens is 1. The molecular formula is C14H17ClN2O. The predicted octanol–water partition coefficient (Wildman–Crippen LogP) is 3.80. The van der Waals surface area contributed by atoms with Gasteiger partial charge in [-0.25, -0.2) is 0 Å². The Labute approximate surface area is 112 Å². The molecule has 96 valence electrons. The number of nitrogens with one attached hydrogen (secondary N) is 1. The third-order valence-electron chi connectivity index (χ3n) is 3.14. The van der Waals surface area contributed by atoms with Crippen LogP contribution in [0.15, 0.2) is 28.8 Å². The number of benzene rings is 1. The molecule has 0 unspecified atom stereocenters. The fraction of sp³-hybridized carbons (Fsp3) is 0.357. The first kappa shape index (κ1) is 13.1. The lowest BCUT2D eigenvalue weighted by Gasteiger charge is -2.15. The Hall–Kier alpha value is -1.32. The van der Waals surface area contributed by atoms with Crippen molar-refractivity contribution >= 4 is 11.6 Å². The molecule has 0 radical (unpaired) electrons. The van der Waals surface area contributed by atoms with Gasteiger partial charge in [0.05, 0.1) is 5.69 Å². The molecule has 2 aromatic rings. The summed E-state index contributed by atoms with van der Waals surface area (Å²) in [6.45, 7) is 6.71. The molecule has 1 N–H and O–H groups in total. The van der Waals surface area contributed by atoms with Gasteiger partial charge in [0, 0.05) is 23.2 Å². The van der Waals surface area contributed by atoms with Gasteiger partial charge in [-0.1, -0.05) is 35.0 Å². The van der Waals surface area contributed by atoms with Gasteiger partial charge in [-0.15, -0.1) is 0 Å². The van der Waals surface area contributed by atoms with Crippen molar-refractivity contribution in [1.29, 1.82) is 0 Å². The van der Waals surface area contributed by atoms with Gasteiger partial charge < -0.3 is 9.84 Å². The number of rotatable bonds is 4. The summed E-state index contributed by atoms with van der Waals surface area (Å²) in [5.74, 6) is 0.867. The van der Waals surface area contributed by atoms with Gasteiger partial charge >= 0.3 is 0 Å². The standard InChI is InChI=1S/C14H17ClN2O/c1-9(12-6-4-5-7-14(12)15)16-8-13-10(2)17-18-11(13)3/h4-7,9,16H,8H2,1-3H3/t9-/m0/s1. The second kappa shape index (κ2) is 5.55. The predicted molar refractivity (Wildman–Crippen MR) is 72.7 cm³/mol. The molecule has 0 aliphatic carbocycles. The van der Waals surface area contributed by atoms with Gasteiger partial charge in [0.1, 0.15) is 5.76 Å². The van der Waals surface area contributed by atoms with E-state index in [-0.39, 0.29) is 6.04 Å². The second-order valence-electron chi connectivity index (χ2n) is 4.43. The molecule has 4 heteroatoms. The normalized spacial score (nSPS) is 12.7.